The van der Waals surface area contributed by atoms with Gasteiger partial charge in [-0.15, -0.1) is 0 Å². The number of rotatable bonds is 12. The first kappa shape index (κ1) is 22.4. The van der Waals surface area contributed by atoms with E-state index in [9.17, 15) is 14.7 Å². The van der Waals surface area contributed by atoms with Crippen LogP contribution in [0.5, 0.6) is 0 Å². The van der Waals surface area contributed by atoms with Crippen molar-refractivity contribution in [2.75, 3.05) is 0 Å². The molecule has 0 fully saturated rings. The van der Waals surface area contributed by atoms with Gasteiger partial charge in [-0.2, -0.15) is 0 Å². The number of carbonyl (C=O) groups excluding carboxylic acids is 1. The van der Waals surface area contributed by atoms with Gasteiger partial charge in [0.25, 0.3) is 0 Å². The number of hydrogen-bond acceptors (Lipinski definition) is 3. The number of carbonyl (C=O) groups is 2. The second-order valence-corrected chi connectivity index (χ2v) is 5.38. The molecule has 0 aromatic rings. The Morgan fingerprint density at radius 3 is 1.70 bits per heavy atom. The third-order valence-corrected chi connectivity index (χ3v) is 3.47. The molecule has 0 spiro atoms. The van der Waals surface area contributed by atoms with Crippen LogP contribution in [-0.4, -0.2) is 57.1 Å². The molecule has 0 rings (SSSR count). The maximum atomic E-state index is 11.5. The molecule has 0 radical (unpaired) electrons. The van der Waals surface area contributed by atoms with Crippen LogP contribution in [0.15, 0.2) is 0 Å². The van der Waals surface area contributed by atoms with Crippen molar-refractivity contribution in [3.8, 4) is 0 Å². The second kappa shape index (κ2) is 12.8. The Labute approximate surface area is 144 Å². The van der Waals surface area contributed by atoms with E-state index >= 15 is 0 Å². The molecule has 0 aliphatic carbocycles. The molecule has 0 aliphatic heterocycles. The van der Waals surface area contributed by atoms with Crippen LogP contribution >= 0.6 is 0 Å². The summed E-state index contributed by atoms with van der Waals surface area (Å²) in [6.45, 7) is 3.24. The van der Waals surface area contributed by atoms with Gasteiger partial charge in [0, 0.05) is 6.42 Å². The van der Waals surface area contributed by atoms with E-state index in [-0.39, 0.29) is 36.0 Å². The predicted molar refractivity (Wildman–Crippen MR) is 82.3 cm³/mol. The van der Waals surface area contributed by atoms with Gasteiger partial charge < -0.3 is 10.2 Å². The third kappa shape index (κ3) is 9.92. The summed E-state index contributed by atoms with van der Waals surface area (Å²) >= 11 is 0. The van der Waals surface area contributed by atoms with Crippen molar-refractivity contribution < 1.29 is 19.8 Å². The van der Waals surface area contributed by atoms with Gasteiger partial charge in [0.1, 0.15) is 0 Å². The first-order chi connectivity index (χ1) is 8.92. The Kier molecular flexibility index (Phi) is 14.3. The van der Waals surface area contributed by atoms with Crippen molar-refractivity contribution >= 4 is 41.3 Å². The van der Waals surface area contributed by atoms with Crippen LogP contribution < -0.4 is 0 Å². The molecular weight excluding hydrogens is 267 g/mol. The molecule has 5 heteroatoms. The summed E-state index contributed by atoms with van der Waals surface area (Å²) in [5.41, 5.74) is -2.22. The van der Waals surface area contributed by atoms with Crippen molar-refractivity contribution in [3.63, 3.8) is 0 Å². The molecule has 0 saturated carbocycles. The Bertz CT molecular complexity index is 277. The van der Waals surface area contributed by atoms with Crippen LogP contribution in [0, 0.1) is 0 Å². The van der Waals surface area contributed by atoms with E-state index in [1.54, 1.807) is 0 Å². The van der Waals surface area contributed by atoms with Crippen molar-refractivity contribution in [2.24, 2.45) is 0 Å². The number of carboxylic acid groups (broad SMARTS) is 1. The fraction of sp³-hybridized carbons (Fsp3) is 0.867. The van der Waals surface area contributed by atoms with Gasteiger partial charge in [-0.25, -0.2) is 4.79 Å². The van der Waals surface area contributed by atoms with E-state index < -0.39 is 17.4 Å². The Morgan fingerprint density at radius 2 is 1.30 bits per heavy atom. The van der Waals surface area contributed by atoms with Crippen LogP contribution in [0.1, 0.15) is 78.1 Å². The maximum absolute atomic E-state index is 11.5. The molecule has 0 amide bonds. The standard InChI is InChI=1S/C15H28O4.Na.H/c1-3-4-5-6-7-8-9-10-11-12-13(16)15(2,19)14(17)18;;/h19H,3-12H2,1-2H3,(H,17,18);;. The zero-order valence-corrected chi connectivity index (χ0v) is 12.3. The number of aliphatic carboxylic acids is 1. The number of carboxylic acids is 1. The van der Waals surface area contributed by atoms with Gasteiger partial charge in [-0.3, -0.25) is 4.79 Å². The van der Waals surface area contributed by atoms with E-state index in [0.29, 0.717) is 6.42 Å². The summed E-state index contributed by atoms with van der Waals surface area (Å²) in [5.74, 6) is -2.06. The molecule has 0 aromatic heterocycles. The number of unbranched alkanes of at least 4 members (excludes halogenated alkanes) is 8. The van der Waals surface area contributed by atoms with Gasteiger partial charge in [0.15, 0.2) is 5.78 Å². The van der Waals surface area contributed by atoms with Crippen LogP contribution in [-0.2, 0) is 9.59 Å². The van der Waals surface area contributed by atoms with Crippen molar-refractivity contribution in [1.82, 2.24) is 0 Å². The van der Waals surface area contributed by atoms with Gasteiger partial charge >= 0.3 is 35.5 Å². The van der Waals surface area contributed by atoms with Gasteiger partial charge in [0.05, 0.1) is 0 Å². The van der Waals surface area contributed by atoms with Crippen LogP contribution in [0.4, 0.5) is 0 Å². The summed E-state index contributed by atoms with van der Waals surface area (Å²) in [7, 11) is 0. The molecule has 1 atom stereocenters. The van der Waals surface area contributed by atoms with Gasteiger partial charge in [-0.1, -0.05) is 58.3 Å². The topological polar surface area (TPSA) is 74.6 Å². The van der Waals surface area contributed by atoms with Crippen molar-refractivity contribution in [1.29, 1.82) is 0 Å². The van der Waals surface area contributed by atoms with E-state index in [1.807, 2.05) is 0 Å². The molecule has 2 N–H and O–H groups in total. The zero-order valence-electron chi connectivity index (χ0n) is 12.3. The SMILES string of the molecule is CCCCCCCCCCCC(=O)C(C)(O)C(=O)O.[NaH]. The van der Waals surface area contributed by atoms with E-state index in [1.165, 1.54) is 38.5 Å². The number of Topliss-reactive ketones (excluding diaryl/α,β-unsaturated/α-hetero) is 1. The molecular formula is C15H29NaO4. The number of aliphatic hydroxyl groups is 1. The van der Waals surface area contributed by atoms with E-state index in [0.717, 1.165) is 19.8 Å². The Morgan fingerprint density at radius 1 is 0.900 bits per heavy atom. The van der Waals surface area contributed by atoms with Crippen molar-refractivity contribution in [3.05, 3.63) is 0 Å². The van der Waals surface area contributed by atoms with E-state index in [2.05, 4.69) is 6.92 Å². The van der Waals surface area contributed by atoms with Crippen LogP contribution in [0.2, 0.25) is 0 Å². The van der Waals surface area contributed by atoms with Gasteiger partial charge in [0.2, 0.25) is 5.60 Å². The summed E-state index contributed by atoms with van der Waals surface area (Å²) in [5, 5.41) is 18.1. The molecule has 0 aromatic carbocycles. The molecule has 0 saturated heterocycles. The molecule has 114 valence electrons. The minimum absolute atomic E-state index is 0. The third-order valence-electron chi connectivity index (χ3n) is 3.47. The molecule has 4 nitrogen and oxygen atoms in total. The van der Waals surface area contributed by atoms with Crippen molar-refractivity contribution in [2.45, 2.75) is 83.7 Å². The summed E-state index contributed by atoms with van der Waals surface area (Å²) in [4.78, 5) is 22.1. The molecule has 0 bridgehead atoms. The molecule has 0 heterocycles. The monoisotopic (exact) mass is 296 g/mol. The van der Waals surface area contributed by atoms with Crippen LogP contribution in [0.25, 0.3) is 0 Å². The second-order valence-electron chi connectivity index (χ2n) is 5.38. The minimum atomic E-state index is -2.22. The first-order valence-electron chi connectivity index (χ1n) is 7.42. The number of ketones is 1. The fourth-order valence-electron chi connectivity index (χ4n) is 1.96. The first-order valence-corrected chi connectivity index (χ1v) is 7.42. The molecule has 1 unspecified atom stereocenters. The Balaban J connectivity index is 0. The van der Waals surface area contributed by atoms with Crippen LogP contribution in [0.3, 0.4) is 0 Å². The van der Waals surface area contributed by atoms with E-state index in [4.69, 9.17) is 5.11 Å². The zero-order chi connectivity index (χ0) is 14.7. The fourth-order valence-corrected chi connectivity index (χ4v) is 1.96. The summed E-state index contributed by atoms with van der Waals surface area (Å²) in [6.07, 6.45) is 10.4. The quantitative estimate of drug-likeness (QED) is 0.330. The summed E-state index contributed by atoms with van der Waals surface area (Å²) < 4.78 is 0. The average molecular weight is 296 g/mol. The average Bonchev–Trinajstić information content (AvgIpc) is 2.36. The Hall–Kier alpha value is 0.100. The predicted octanol–water partition coefficient (Wildman–Crippen LogP) is 2.66. The van der Waals surface area contributed by atoms with Gasteiger partial charge in [-0.05, 0) is 13.3 Å². The molecule has 20 heavy (non-hydrogen) atoms. The number of hydrogen-bond donors (Lipinski definition) is 2. The normalized spacial score (nSPS) is 13.3. The molecule has 0 aliphatic rings. The summed E-state index contributed by atoms with van der Waals surface area (Å²) in [6, 6.07) is 0.